The van der Waals surface area contributed by atoms with Crippen LogP contribution in [0.2, 0.25) is 0 Å². The van der Waals surface area contributed by atoms with E-state index in [1.165, 1.54) is 16.4 Å². The standard InChI is InChI=1S/C24H28N2O6S/c1-30-21-15-18(16-22-24(21)32-14-13-31-22)9-10-23(27)25-19-7-6-8-20(17-19)33(28,29)26-11-4-2-3-5-12-26/h6-10,15-17H,2-5,11-14H2,1H3,(H,25,27)/b10-9+. The SMILES string of the molecule is COc1cc(/C=C/C(=O)Nc2cccc(S(=O)(=O)N3CCCCCC3)c2)cc2c1OCCO2. The molecule has 1 saturated heterocycles. The molecule has 2 heterocycles. The smallest absolute Gasteiger partial charge is 0.248 e. The Morgan fingerprint density at radius 2 is 1.82 bits per heavy atom. The largest absolute Gasteiger partial charge is 0.493 e. The molecule has 2 aliphatic heterocycles. The van der Waals surface area contributed by atoms with Crippen LogP contribution in [-0.4, -0.2) is 52.0 Å². The Balaban J connectivity index is 1.46. The van der Waals surface area contributed by atoms with Gasteiger partial charge < -0.3 is 19.5 Å². The highest BCUT2D eigenvalue weighted by molar-refractivity contribution is 7.89. The number of benzene rings is 2. The zero-order valence-electron chi connectivity index (χ0n) is 18.6. The zero-order valence-corrected chi connectivity index (χ0v) is 19.4. The Bertz CT molecular complexity index is 1120. The van der Waals surface area contributed by atoms with Crippen LogP contribution in [0.25, 0.3) is 6.08 Å². The number of rotatable bonds is 6. The van der Waals surface area contributed by atoms with Crippen molar-refractivity contribution in [2.24, 2.45) is 0 Å². The second kappa shape index (κ2) is 10.3. The normalized spacial score (nSPS) is 16.9. The van der Waals surface area contributed by atoms with Gasteiger partial charge in [0, 0.05) is 24.9 Å². The number of methoxy groups -OCH3 is 1. The lowest BCUT2D eigenvalue weighted by molar-refractivity contribution is -0.111. The van der Waals surface area contributed by atoms with E-state index in [2.05, 4.69) is 5.32 Å². The molecule has 0 unspecified atom stereocenters. The number of nitrogens with zero attached hydrogens (tertiary/aromatic N) is 1. The average Bonchev–Trinajstić information content (AvgIpc) is 3.13. The van der Waals surface area contributed by atoms with Crippen LogP contribution < -0.4 is 19.5 Å². The highest BCUT2D eigenvalue weighted by atomic mass is 32.2. The van der Waals surface area contributed by atoms with Gasteiger partial charge in [0.1, 0.15) is 13.2 Å². The van der Waals surface area contributed by atoms with Crippen LogP contribution >= 0.6 is 0 Å². The topological polar surface area (TPSA) is 94.2 Å². The van der Waals surface area contributed by atoms with E-state index in [1.807, 2.05) is 0 Å². The minimum atomic E-state index is -3.59. The van der Waals surface area contributed by atoms with E-state index in [9.17, 15) is 13.2 Å². The van der Waals surface area contributed by atoms with Crippen LogP contribution in [0.1, 0.15) is 31.2 Å². The van der Waals surface area contributed by atoms with Crippen LogP contribution in [-0.2, 0) is 14.8 Å². The van der Waals surface area contributed by atoms with Crippen molar-refractivity contribution in [3.05, 3.63) is 48.0 Å². The summed E-state index contributed by atoms with van der Waals surface area (Å²) in [5.74, 6) is 1.26. The molecule has 0 saturated carbocycles. The van der Waals surface area contributed by atoms with Crippen molar-refractivity contribution in [1.29, 1.82) is 0 Å². The summed E-state index contributed by atoms with van der Waals surface area (Å²) in [5, 5.41) is 2.73. The van der Waals surface area contributed by atoms with E-state index in [1.54, 1.807) is 43.5 Å². The molecule has 9 heteroatoms. The molecule has 0 aliphatic carbocycles. The first-order valence-electron chi connectivity index (χ1n) is 11.0. The van der Waals surface area contributed by atoms with Gasteiger partial charge in [0.2, 0.25) is 21.7 Å². The number of anilines is 1. The van der Waals surface area contributed by atoms with Gasteiger partial charge in [-0.25, -0.2) is 8.42 Å². The number of carbonyl (C=O) groups excluding carboxylic acids is 1. The quantitative estimate of drug-likeness (QED) is 0.645. The second-order valence-corrected chi connectivity index (χ2v) is 9.85. The molecular formula is C24H28N2O6S. The van der Waals surface area contributed by atoms with Crippen LogP contribution in [0.15, 0.2) is 47.4 Å². The first kappa shape index (κ1) is 23.1. The Kier molecular flexibility index (Phi) is 7.20. The number of amides is 1. The maximum atomic E-state index is 13.0. The van der Waals surface area contributed by atoms with Gasteiger partial charge in [-0.15, -0.1) is 0 Å². The summed E-state index contributed by atoms with van der Waals surface area (Å²) >= 11 is 0. The van der Waals surface area contributed by atoms with E-state index >= 15 is 0 Å². The summed E-state index contributed by atoms with van der Waals surface area (Å²) in [6.07, 6.45) is 6.83. The third kappa shape index (κ3) is 5.48. The Morgan fingerprint density at radius 1 is 1.06 bits per heavy atom. The van der Waals surface area contributed by atoms with Crippen molar-refractivity contribution in [1.82, 2.24) is 4.31 Å². The summed E-state index contributed by atoms with van der Waals surface area (Å²) in [4.78, 5) is 12.7. The average molecular weight is 473 g/mol. The molecule has 4 rings (SSSR count). The summed E-state index contributed by atoms with van der Waals surface area (Å²) in [5.41, 5.74) is 1.13. The predicted octanol–water partition coefficient (Wildman–Crippen LogP) is 3.68. The fraction of sp³-hybridized carbons (Fsp3) is 0.375. The minimum absolute atomic E-state index is 0.183. The van der Waals surface area contributed by atoms with Crippen LogP contribution in [0.4, 0.5) is 5.69 Å². The van der Waals surface area contributed by atoms with Crippen LogP contribution in [0.3, 0.4) is 0 Å². The maximum Gasteiger partial charge on any atom is 0.248 e. The summed E-state index contributed by atoms with van der Waals surface area (Å²) in [6, 6.07) is 9.89. The molecule has 0 bridgehead atoms. The van der Waals surface area contributed by atoms with Gasteiger partial charge >= 0.3 is 0 Å². The molecule has 0 spiro atoms. The first-order valence-corrected chi connectivity index (χ1v) is 12.5. The second-order valence-electron chi connectivity index (χ2n) is 7.92. The number of ether oxygens (including phenoxy) is 3. The third-order valence-electron chi connectivity index (χ3n) is 5.58. The fourth-order valence-corrected chi connectivity index (χ4v) is 5.47. The van der Waals surface area contributed by atoms with E-state index in [4.69, 9.17) is 14.2 Å². The van der Waals surface area contributed by atoms with Gasteiger partial charge in [-0.1, -0.05) is 18.9 Å². The van der Waals surface area contributed by atoms with Crippen molar-refractivity contribution < 1.29 is 27.4 Å². The molecule has 0 radical (unpaired) electrons. The number of hydrogen-bond donors (Lipinski definition) is 1. The number of fused-ring (bicyclic) bond motifs is 1. The lowest BCUT2D eigenvalue weighted by Gasteiger charge is -2.21. The molecule has 1 amide bonds. The number of hydrogen-bond acceptors (Lipinski definition) is 6. The van der Waals surface area contributed by atoms with E-state index in [0.717, 1.165) is 25.7 Å². The molecule has 1 fully saturated rings. The molecule has 2 aliphatic rings. The van der Waals surface area contributed by atoms with E-state index < -0.39 is 10.0 Å². The van der Waals surface area contributed by atoms with Crippen molar-refractivity contribution >= 4 is 27.7 Å². The lowest BCUT2D eigenvalue weighted by atomic mass is 10.1. The third-order valence-corrected chi connectivity index (χ3v) is 7.48. The Labute approximate surface area is 194 Å². The molecule has 2 aromatic rings. The summed E-state index contributed by atoms with van der Waals surface area (Å²) in [6.45, 7) is 1.95. The fourth-order valence-electron chi connectivity index (χ4n) is 3.91. The van der Waals surface area contributed by atoms with Crippen LogP contribution in [0, 0.1) is 0 Å². The van der Waals surface area contributed by atoms with Gasteiger partial charge in [-0.2, -0.15) is 4.31 Å². The van der Waals surface area contributed by atoms with Crippen molar-refractivity contribution in [2.75, 3.05) is 38.7 Å². The molecule has 1 N–H and O–H groups in total. The van der Waals surface area contributed by atoms with Gasteiger partial charge in [0.25, 0.3) is 0 Å². The molecule has 8 nitrogen and oxygen atoms in total. The minimum Gasteiger partial charge on any atom is -0.493 e. The van der Waals surface area contributed by atoms with Gasteiger partial charge in [0.05, 0.1) is 12.0 Å². The van der Waals surface area contributed by atoms with Gasteiger partial charge in [0.15, 0.2) is 11.5 Å². The highest BCUT2D eigenvalue weighted by Crippen LogP contribution is 2.40. The van der Waals surface area contributed by atoms with Crippen molar-refractivity contribution in [2.45, 2.75) is 30.6 Å². The number of carbonyl (C=O) groups is 1. The monoisotopic (exact) mass is 472 g/mol. The van der Waals surface area contributed by atoms with Crippen molar-refractivity contribution in [3.63, 3.8) is 0 Å². The molecule has 176 valence electrons. The maximum absolute atomic E-state index is 13.0. The number of nitrogens with one attached hydrogen (secondary N) is 1. The Morgan fingerprint density at radius 3 is 2.58 bits per heavy atom. The summed E-state index contributed by atoms with van der Waals surface area (Å²) < 4.78 is 44.2. The summed E-state index contributed by atoms with van der Waals surface area (Å²) in [7, 11) is -2.05. The predicted molar refractivity (Wildman–Crippen MR) is 125 cm³/mol. The zero-order chi connectivity index (χ0) is 23.3. The molecular weight excluding hydrogens is 444 g/mol. The van der Waals surface area contributed by atoms with E-state index in [-0.39, 0.29) is 10.8 Å². The first-order chi connectivity index (χ1) is 16.0. The molecule has 0 aromatic heterocycles. The van der Waals surface area contributed by atoms with E-state index in [0.29, 0.717) is 54.8 Å². The van der Waals surface area contributed by atoms with Crippen LogP contribution in [0.5, 0.6) is 17.2 Å². The molecule has 0 atom stereocenters. The lowest BCUT2D eigenvalue weighted by Crippen LogP contribution is -2.32. The number of sulfonamides is 1. The van der Waals surface area contributed by atoms with Crippen molar-refractivity contribution in [3.8, 4) is 17.2 Å². The molecule has 33 heavy (non-hydrogen) atoms. The van der Waals surface area contributed by atoms with Gasteiger partial charge in [-0.05, 0) is 54.8 Å². The highest BCUT2D eigenvalue weighted by Gasteiger charge is 2.25. The Hall–Kier alpha value is -3.04. The molecule has 2 aromatic carbocycles. The van der Waals surface area contributed by atoms with Gasteiger partial charge in [-0.3, -0.25) is 4.79 Å².